The topological polar surface area (TPSA) is 67.2 Å². The number of amides is 1. The minimum Gasteiger partial charge on any atom is -0.348 e. The summed E-state index contributed by atoms with van der Waals surface area (Å²) in [4.78, 5) is 32.4. The van der Waals surface area contributed by atoms with Crippen molar-refractivity contribution in [2.45, 2.75) is 25.8 Å². The number of fused-ring (bicyclic) bond motifs is 3. The lowest BCUT2D eigenvalue weighted by Gasteiger charge is -2.44. The molecule has 0 aliphatic carbocycles. The average Bonchev–Trinajstić information content (AvgIpc) is 3.02. The van der Waals surface area contributed by atoms with Crippen LogP contribution in [0.25, 0.3) is 5.13 Å². The van der Waals surface area contributed by atoms with Gasteiger partial charge in [0.2, 0.25) is 0 Å². The Bertz CT molecular complexity index is 820. The van der Waals surface area contributed by atoms with Gasteiger partial charge >= 0.3 is 0 Å². The average molecular weight is 344 g/mol. The van der Waals surface area contributed by atoms with Gasteiger partial charge in [-0.15, -0.1) is 11.3 Å². The number of carbonyl (C=O) groups excluding carboxylic acids is 1. The predicted octanol–water partition coefficient (Wildman–Crippen LogP) is 1.43. The molecule has 2 bridgehead atoms. The molecule has 2 aromatic heterocycles. The Morgan fingerprint density at radius 2 is 2.12 bits per heavy atom. The Kier molecular flexibility index (Phi) is 3.97. The molecule has 7 heteroatoms. The smallest absolute Gasteiger partial charge is 0.256 e. The highest BCUT2D eigenvalue weighted by molar-refractivity contribution is 7.13. The number of aryl methyl sites for hydroxylation is 1. The Morgan fingerprint density at radius 3 is 2.75 bits per heavy atom. The first-order valence-corrected chi connectivity index (χ1v) is 9.10. The maximum absolute atomic E-state index is 12.6. The molecule has 0 aromatic carbocycles. The second-order valence-corrected chi connectivity index (χ2v) is 7.81. The first-order valence-electron chi connectivity index (χ1n) is 8.29. The van der Waals surface area contributed by atoms with Crippen molar-refractivity contribution in [3.05, 3.63) is 45.3 Å². The molecule has 24 heavy (non-hydrogen) atoms. The molecule has 0 radical (unpaired) electrons. The molecule has 5 rings (SSSR count). The number of nitrogens with zero attached hydrogens (tertiary/aromatic N) is 3. The Labute approximate surface area is 144 Å². The van der Waals surface area contributed by atoms with Crippen molar-refractivity contribution in [2.24, 2.45) is 5.92 Å². The molecule has 3 saturated heterocycles. The van der Waals surface area contributed by atoms with Crippen molar-refractivity contribution in [1.29, 1.82) is 0 Å². The van der Waals surface area contributed by atoms with Crippen LogP contribution in [0.3, 0.4) is 0 Å². The molecular weight excluding hydrogens is 324 g/mol. The number of piperidine rings is 3. The number of nitrogens with one attached hydrogen (secondary N) is 1. The van der Waals surface area contributed by atoms with Crippen LogP contribution in [0.5, 0.6) is 0 Å². The van der Waals surface area contributed by atoms with Gasteiger partial charge in [0, 0.05) is 35.9 Å². The summed E-state index contributed by atoms with van der Waals surface area (Å²) < 4.78 is 1.45. The van der Waals surface area contributed by atoms with Crippen LogP contribution in [0.15, 0.2) is 29.3 Å². The SMILES string of the molecule is Cc1cnc(-n2cc(C(=O)N[C@@H]3CN4CCC3CC4)ccc2=O)s1. The van der Waals surface area contributed by atoms with Gasteiger partial charge in [-0.2, -0.15) is 0 Å². The third-order valence-electron chi connectivity index (χ3n) is 4.96. The summed E-state index contributed by atoms with van der Waals surface area (Å²) in [5.41, 5.74) is 0.322. The van der Waals surface area contributed by atoms with E-state index in [1.54, 1.807) is 18.5 Å². The molecule has 126 valence electrons. The number of aromatic nitrogens is 2. The quantitative estimate of drug-likeness (QED) is 0.915. The van der Waals surface area contributed by atoms with E-state index in [0.29, 0.717) is 16.6 Å². The lowest BCUT2D eigenvalue weighted by Crippen LogP contribution is -2.57. The van der Waals surface area contributed by atoms with E-state index < -0.39 is 0 Å². The van der Waals surface area contributed by atoms with Gasteiger partial charge < -0.3 is 10.2 Å². The summed E-state index contributed by atoms with van der Waals surface area (Å²) in [5.74, 6) is 0.460. The van der Waals surface area contributed by atoms with Gasteiger partial charge in [0.1, 0.15) is 0 Å². The molecule has 2 aromatic rings. The number of carbonyl (C=O) groups is 1. The molecule has 3 aliphatic rings. The second-order valence-electron chi connectivity index (χ2n) is 6.60. The Balaban J connectivity index is 1.55. The molecule has 3 fully saturated rings. The molecular formula is C17H20N4O2S. The first kappa shape index (κ1) is 15.5. The zero-order chi connectivity index (χ0) is 16.7. The van der Waals surface area contributed by atoms with Crippen molar-refractivity contribution < 1.29 is 4.79 Å². The van der Waals surface area contributed by atoms with Gasteiger partial charge in [0.05, 0.1) is 5.56 Å². The highest BCUT2D eigenvalue weighted by atomic mass is 32.1. The summed E-state index contributed by atoms with van der Waals surface area (Å²) >= 11 is 1.43. The lowest BCUT2D eigenvalue weighted by atomic mass is 9.84. The normalized spacial score (nSPS) is 25.6. The van der Waals surface area contributed by atoms with Crippen LogP contribution in [0.2, 0.25) is 0 Å². The van der Waals surface area contributed by atoms with Crippen molar-refractivity contribution in [3.63, 3.8) is 0 Å². The summed E-state index contributed by atoms with van der Waals surface area (Å²) in [5, 5.41) is 3.75. The second kappa shape index (κ2) is 6.14. The minimum absolute atomic E-state index is 0.115. The van der Waals surface area contributed by atoms with Crippen LogP contribution in [-0.2, 0) is 0 Å². The molecule has 0 saturated carbocycles. The monoisotopic (exact) mass is 344 g/mol. The third kappa shape index (κ3) is 2.89. The number of pyridine rings is 1. The summed E-state index contributed by atoms with van der Waals surface area (Å²) in [6, 6.07) is 3.24. The van der Waals surface area contributed by atoms with E-state index >= 15 is 0 Å². The fourth-order valence-corrected chi connectivity index (χ4v) is 4.35. The zero-order valence-electron chi connectivity index (χ0n) is 13.6. The molecule has 1 atom stereocenters. The van der Waals surface area contributed by atoms with Crippen LogP contribution in [0, 0.1) is 12.8 Å². The van der Waals surface area contributed by atoms with Crippen molar-refractivity contribution >= 4 is 17.2 Å². The first-order chi connectivity index (χ1) is 11.6. The van der Waals surface area contributed by atoms with Crippen LogP contribution in [0.1, 0.15) is 28.1 Å². The van der Waals surface area contributed by atoms with Gasteiger partial charge in [-0.3, -0.25) is 14.2 Å². The maximum atomic E-state index is 12.6. The molecule has 0 unspecified atom stereocenters. The Hall–Kier alpha value is -1.99. The number of hydrogen-bond acceptors (Lipinski definition) is 5. The van der Waals surface area contributed by atoms with E-state index in [0.717, 1.165) is 37.4 Å². The van der Waals surface area contributed by atoms with E-state index in [1.807, 2.05) is 6.92 Å². The molecule has 3 aliphatic heterocycles. The molecule has 1 N–H and O–H groups in total. The summed E-state index contributed by atoms with van der Waals surface area (Å²) in [7, 11) is 0. The number of hydrogen-bond donors (Lipinski definition) is 1. The fraction of sp³-hybridized carbons (Fsp3) is 0.471. The fourth-order valence-electron chi connectivity index (χ4n) is 3.61. The van der Waals surface area contributed by atoms with E-state index in [4.69, 9.17) is 0 Å². The van der Waals surface area contributed by atoms with Gasteiger partial charge in [0.25, 0.3) is 11.5 Å². The largest absolute Gasteiger partial charge is 0.348 e. The molecule has 0 spiro atoms. The highest BCUT2D eigenvalue weighted by Crippen LogP contribution is 2.27. The molecule has 5 heterocycles. The van der Waals surface area contributed by atoms with E-state index in [2.05, 4.69) is 15.2 Å². The predicted molar refractivity (Wildman–Crippen MR) is 92.9 cm³/mol. The summed E-state index contributed by atoms with van der Waals surface area (Å²) in [6.45, 7) is 5.16. The van der Waals surface area contributed by atoms with Crippen LogP contribution < -0.4 is 10.9 Å². The zero-order valence-corrected chi connectivity index (χ0v) is 14.4. The van der Waals surface area contributed by atoms with Gasteiger partial charge in [0.15, 0.2) is 5.13 Å². The minimum atomic E-state index is -0.177. The van der Waals surface area contributed by atoms with Gasteiger partial charge in [-0.05, 0) is 44.8 Å². The highest BCUT2D eigenvalue weighted by Gasteiger charge is 2.35. The van der Waals surface area contributed by atoms with Crippen molar-refractivity contribution in [3.8, 4) is 5.13 Å². The lowest BCUT2D eigenvalue weighted by molar-refractivity contribution is 0.0620. The van der Waals surface area contributed by atoms with Crippen LogP contribution in [0.4, 0.5) is 0 Å². The standard InChI is InChI=1S/C17H20N4O2S/c1-11-8-18-17(24-11)21-9-13(2-3-15(21)22)16(23)19-14-10-20-6-4-12(14)5-7-20/h2-3,8-9,12,14H,4-7,10H2,1H3,(H,19,23)/t14-/m1/s1. The Morgan fingerprint density at radius 1 is 1.33 bits per heavy atom. The maximum Gasteiger partial charge on any atom is 0.256 e. The van der Waals surface area contributed by atoms with E-state index in [1.165, 1.54) is 22.0 Å². The van der Waals surface area contributed by atoms with Gasteiger partial charge in [-0.1, -0.05) is 0 Å². The molecule has 1 amide bonds. The summed E-state index contributed by atoms with van der Waals surface area (Å²) in [6.07, 6.45) is 5.63. The molecule has 6 nitrogen and oxygen atoms in total. The van der Waals surface area contributed by atoms with Crippen molar-refractivity contribution in [1.82, 2.24) is 19.8 Å². The van der Waals surface area contributed by atoms with Gasteiger partial charge in [-0.25, -0.2) is 4.98 Å². The van der Waals surface area contributed by atoms with E-state index in [-0.39, 0.29) is 17.5 Å². The van der Waals surface area contributed by atoms with E-state index in [9.17, 15) is 9.59 Å². The van der Waals surface area contributed by atoms with Crippen LogP contribution >= 0.6 is 11.3 Å². The van der Waals surface area contributed by atoms with Crippen molar-refractivity contribution in [2.75, 3.05) is 19.6 Å². The van der Waals surface area contributed by atoms with Crippen LogP contribution in [-0.4, -0.2) is 46.0 Å². The third-order valence-corrected chi connectivity index (χ3v) is 5.87. The number of rotatable bonds is 3. The number of thiazole rings is 1.